The van der Waals surface area contributed by atoms with Crippen LogP contribution in [0.4, 0.5) is 0 Å². The molecular formula is C14H13N3O. The van der Waals surface area contributed by atoms with Gasteiger partial charge in [-0.3, -0.25) is 15.6 Å². The van der Waals surface area contributed by atoms with Gasteiger partial charge >= 0.3 is 0 Å². The highest BCUT2D eigenvalue weighted by Crippen LogP contribution is 2.25. The maximum Gasteiger partial charge on any atom is 0.270 e. The molecule has 0 radical (unpaired) electrons. The molecular weight excluding hydrogens is 226 g/mol. The van der Waals surface area contributed by atoms with Gasteiger partial charge in [-0.25, -0.2) is 0 Å². The van der Waals surface area contributed by atoms with Crippen molar-refractivity contribution in [2.75, 3.05) is 0 Å². The summed E-state index contributed by atoms with van der Waals surface area (Å²) in [5.74, 6) is -0.103. The Kier molecular flexibility index (Phi) is 2.41. The largest absolute Gasteiger partial charge is 0.365 e. The summed E-state index contributed by atoms with van der Waals surface area (Å²) in [6, 6.07) is 7.57. The molecule has 0 unspecified atom stereocenters. The molecule has 0 atom stereocenters. The van der Waals surface area contributed by atoms with Crippen LogP contribution in [0.1, 0.15) is 22.8 Å². The number of hydrogen-bond acceptors (Lipinski definition) is 3. The van der Waals surface area contributed by atoms with Crippen LogP contribution in [0.2, 0.25) is 0 Å². The first-order valence-electron chi connectivity index (χ1n) is 5.77. The van der Waals surface area contributed by atoms with Crippen molar-refractivity contribution in [3.05, 3.63) is 65.0 Å². The van der Waals surface area contributed by atoms with Crippen molar-refractivity contribution in [3.8, 4) is 0 Å². The molecule has 3 rings (SSSR count). The summed E-state index contributed by atoms with van der Waals surface area (Å²) in [6.07, 6.45) is 5.90. The lowest BCUT2D eigenvalue weighted by Gasteiger charge is -2.23. The molecule has 0 fully saturated rings. The Morgan fingerprint density at radius 1 is 1.06 bits per heavy atom. The van der Waals surface area contributed by atoms with Gasteiger partial charge in [0.2, 0.25) is 0 Å². The Morgan fingerprint density at radius 2 is 1.83 bits per heavy atom. The molecule has 4 nitrogen and oxygen atoms in total. The van der Waals surface area contributed by atoms with Crippen LogP contribution >= 0.6 is 0 Å². The second-order valence-corrected chi connectivity index (χ2v) is 4.26. The zero-order valence-electron chi connectivity index (χ0n) is 9.95. The van der Waals surface area contributed by atoms with Gasteiger partial charge in [0.1, 0.15) is 0 Å². The minimum absolute atomic E-state index is 0.103. The van der Waals surface area contributed by atoms with Crippen molar-refractivity contribution >= 4 is 11.6 Å². The van der Waals surface area contributed by atoms with E-state index in [1.165, 1.54) is 0 Å². The highest BCUT2D eigenvalue weighted by atomic mass is 16.2. The summed E-state index contributed by atoms with van der Waals surface area (Å²) in [5.41, 5.74) is 10.3. The number of carbonyl (C=O) groups excluding carboxylic acids is 1. The van der Waals surface area contributed by atoms with Gasteiger partial charge in [0.15, 0.2) is 0 Å². The van der Waals surface area contributed by atoms with E-state index in [1.807, 2.05) is 49.5 Å². The molecule has 2 aliphatic heterocycles. The third kappa shape index (κ3) is 1.68. The molecule has 0 bridgehead atoms. The third-order valence-corrected chi connectivity index (χ3v) is 2.98. The molecule has 4 heteroatoms. The van der Waals surface area contributed by atoms with E-state index in [4.69, 9.17) is 0 Å². The van der Waals surface area contributed by atoms with Gasteiger partial charge in [-0.1, -0.05) is 18.2 Å². The summed E-state index contributed by atoms with van der Waals surface area (Å²) in [6.45, 7) is 2.00. The van der Waals surface area contributed by atoms with Crippen molar-refractivity contribution in [3.63, 3.8) is 0 Å². The molecule has 3 N–H and O–H groups in total. The molecule has 1 aromatic carbocycles. The zero-order chi connectivity index (χ0) is 12.5. The molecule has 0 saturated heterocycles. The van der Waals surface area contributed by atoms with Crippen LogP contribution in [0, 0.1) is 0 Å². The van der Waals surface area contributed by atoms with Gasteiger partial charge in [0, 0.05) is 23.0 Å². The maximum absolute atomic E-state index is 11.7. The maximum atomic E-state index is 11.7. The molecule has 1 aromatic rings. The van der Waals surface area contributed by atoms with E-state index in [0.29, 0.717) is 5.56 Å². The fraction of sp³-hybridized carbons (Fsp3) is 0.0714. The summed E-state index contributed by atoms with van der Waals surface area (Å²) in [4.78, 5) is 11.7. The van der Waals surface area contributed by atoms with E-state index in [2.05, 4.69) is 16.2 Å². The van der Waals surface area contributed by atoms with Crippen LogP contribution in [0.3, 0.4) is 0 Å². The van der Waals surface area contributed by atoms with Gasteiger partial charge in [0.05, 0.1) is 11.3 Å². The molecule has 0 saturated carbocycles. The average molecular weight is 239 g/mol. The number of carbonyl (C=O) groups is 1. The SMILES string of the molecule is CC1=CC(=C2NNC(=O)c3ccccc32)C=CN1. The Hall–Kier alpha value is -2.49. The second kappa shape index (κ2) is 4.07. The Bertz CT molecular complexity index is 611. The lowest BCUT2D eigenvalue weighted by atomic mass is 9.98. The van der Waals surface area contributed by atoms with E-state index < -0.39 is 0 Å². The zero-order valence-corrected chi connectivity index (χ0v) is 9.95. The van der Waals surface area contributed by atoms with Gasteiger partial charge in [-0.2, -0.15) is 0 Å². The van der Waals surface area contributed by atoms with Gasteiger partial charge in [-0.15, -0.1) is 0 Å². The minimum atomic E-state index is -0.103. The van der Waals surface area contributed by atoms with Crippen LogP contribution in [-0.2, 0) is 0 Å². The Morgan fingerprint density at radius 3 is 2.61 bits per heavy atom. The monoisotopic (exact) mass is 239 g/mol. The molecule has 0 aliphatic carbocycles. The standard InChI is InChI=1S/C14H13N3O/c1-9-8-10(6-7-15-9)13-11-4-2-3-5-12(11)14(18)17-16-13/h2-8,15-16H,1H3,(H,17,18). The van der Waals surface area contributed by atoms with E-state index >= 15 is 0 Å². The van der Waals surface area contributed by atoms with Crippen molar-refractivity contribution in [1.82, 2.24) is 16.2 Å². The highest BCUT2D eigenvalue weighted by Gasteiger charge is 2.21. The first-order valence-corrected chi connectivity index (χ1v) is 5.77. The lowest BCUT2D eigenvalue weighted by Crippen LogP contribution is -2.41. The lowest BCUT2D eigenvalue weighted by molar-refractivity contribution is 0.0937. The summed E-state index contributed by atoms with van der Waals surface area (Å²) in [7, 11) is 0. The first-order chi connectivity index (χ1) is 8.75. The Balaban J connectivity index is 2.18. The van der Waals surface area contributed by atoms with E-state index in [0.717, 1.165) is 22.5 Å². The number of hydrogen-bond donors (Lipinski definition) is 3. The number of hydrazine groups is 1. The summed E-state index contributed by atoms with van der Waals surface area (Å²) >= 11 is 0. The van der Waals surface area contributed by atoms with Gasteiger partial charge < -0.3 is 5.32 Å². The minimum Gasteiger partial charge on any atom is -0.365 e. The second-order valence-electron chi connectivity index (χ2n) is 4.26. The number of dihydropyridines is 1. The molecule has 1 amide bonds. The predicted octanol–water partition coefficient (Wildman–Crippen LogP) is 1.67. The van der Waals surface area contributed by atoms with Crippen LogP contribution in [-0.4, -0.2) is 5.91 Å². The number of rotatable bonds is 0. The Labute approximate surface area is 105 Å². The number of nitrogens with one attached hydrogen (secondary N) is 3. The van der Waals surface area contributed by atoms with Gasteiger partial charge in [-0.05, 0) is 25.1 Å². The van der Waals surface area contributed by atoms with Crippen molar-refractivity contribution in [2.45, 2.75) is 6.92 Å². The summed E-state index contributed by atoms with van der Waals surface area (Å²) < 4.78 is 0. The van der Waals surface area contributed by atoms with E-state index in [-0.39, 0.29) is 5.91 Å². The molecule has 18 heavy (non-hydrogen) atoms. The quantitative estimate of drug-likeness (QED) is 0.645. The normalized spacial score (nSPS) is 21.4. The topological polar surface area (TPSA) is 53.2 Å². The smallest absolute Gasteiger partial charge is 0.270 e. The van der Waals surface area contributed by atoms with Crippen LogP contribution in [0.15, 0.2) is 53.9 Å². The van der Waals surface area contributed by atoms with Crippen molar-refractivity contribution in [1.29, 1.82) is 0 Å². The number of fused-ring (bicyclic) bond motifs is 1. The molecule has 90 valence electrons. The van der Waals surface area contributed by atoms with Crippen molar-refractivity contribution in [2.24, 2.45) is 0 Å². The fourth-order valence-corrected chi connectivity index (χ4v) is 2.12. The highest BCUT2D eigenvalue weighted by molar-refractivity contribution is 6.02. The van der Waals surface area contributed by atoms with E-state index in [1.54, 1.807) is 0 Å². The fourth-order valence-electron chi connectivity index (χ4n) is 2.12. The third-order valence-electron chi connectivity index (χ3n) is 2.98. The molecule has 2 aliphatic rings. The number of amides is 1. The number of benzene rings is 1. The van der Waals surface area contributed by atoms with E-state index in [9.17, 15) is 4.79 Å². The average Bonchev–Trinajstić information content (AvgIpc) is 2.39. The molecule has 0 aromatic heterocycles. The van der Waals surface area contributed by atoms with Gasteiger partial charge in [0.25, 0.3) is 5.91 Å². The molecule has 0 spiro atoms. The molecule has 2 heterocycles. The number of allylic oxidation sites excluding steroid dienone is 4. The van der Waals surface area contributed by atoms with Crippen molar-refractivity contribution < 1.29 is 4.79 Å². The predicted molar refractivity (Wildman–Crippen MR) is 70.0 cm³/mol. The van der Waals surface area contributed by atoms with Crippen LogP contribution in [0.25, 0.3) is 5.70 Å². The van der Waals surface area contributed by atoms with Crippen LogP contribution in [0.5, 0.6) is 0 Å². The first kappa shape index (κ1) is 10.7. The summed E-state index contributed by atoms with van der Waals surface area (Å²) in [5, 5.41) is 3.12. The van der Waals surface area contributed by atoms with Crippen LogP contribution < -0.4 is 16.2 Å².